The first-order chi connectivity index (χ1) is 8.81. The lowest BCUT2D eigenvalue weighted by Gasteiger charge is -2.22. The van der Waals surface area contributed by atoms with Gasteiger partial charge in [-0.25, -0.2) is 0 Å². The van der Waals surface area contributed by atoms with Crippen LogP contribution >= 0.6 is 0 Å². The number of nitrogens with one attached hydrogen (secondary N) is 1. The number of hydrogen-bond donors (Lipinski definition) is 2. The lowest BCUT2D eigenvalue weighted by Crippen LogP contribution is -2.37. The third-order valence-corrected chi connectivity index (χ3v) is 4.50. The summed E-state index contributed by atoms with van der Waals surface area (Å²) in [7, 11) is -0.585. The third kappa shape index (κ3) is 3.82. The standard InChI is InChI=1S/C12H21N3O3S/c1-9(2)15(3)19(16,17)14-11-6-5-10(8-13)7-12(11)18-4/h5-7,9,14H,8,13H2,1-4H3. The Hall–Kier alpha value is -1.31. The van der Waals surface area contributed by atoms with Gasteiger partial charge in [-0.2, -0.15) is 12.7 Å². The zero-order valence-electron chi connectivity index (χ0n) is 11.7. The van der Waals surface area contributed by atoms with E-state index in [2.05, 4.69) is 4.72 Å². The Morgan fingerprint density at radius 3 is 2.53 bits per heavy atom. The molecule has 0 amide bonds. The van der Waals surface area contributed by atoms with Gasteiger partial charge >= 0.3 is 10.2 Å². The Balaban J connectivity index is 3.06. The Bertz CT molecular complexity index is 529. The molecule has 0 aliphatic rings. The molecule has 108 valence electrons. The highest BCUT2D eigenvalue weighted by atomic mass is 32.2. The normalized spacial score (nSPS) is 11.9. The molecule has 0 bridgehead atoms. The molecule has 0 atom stereocenters. The molecule has 0 saturated heterocycles. The van der Waals surface area contributed by atoms with Crippen molar-refractivity contribution in [2.24, 2.45) is 5.73 Å². The second kappa shape index (κ2) is 6.23. The Morgan fingerprint density at radius 1 is 1.42 bits per heavy atom. The van der Waals surface area contributed by atoms with E-state index in [1.165, 1.54) is 18.5 Å². The summed E-state index contributed by atoms with van der Waals surface area (Å²) in [5.41, 5.74) is 6.80. The minimum atomic E-state index is -3.59. The van der Waals surface area contributed by atoms with E-state index in [9.17, 15) is 8.42 Å². The fourth-order valence-corrected chi connectivity index (χ4v) is 2.58. The number of rotatable bonds is 6. The van der Waals surface area contributed by atoms with Crippen molar-refractivity contribution in [3.63, 3.8) is 0 Å². The first-order valence-corrected chi connectivity index (χ1v) is 7.38. The molecule has 3 N–H and O–H groups in total. The van der Waals surface area contributed by atoms with Gasteiger partial charge in [-0.3, -0.25) is 4.72 Å². The molecule has 0 aliphatic heterocycles. The number of hydrogen-bond acceptors (Lipinski definition) is 4. The molecule has 6 nitrogen and oxygen atoms in total. The van der Waals surface area contributed by atoms with Crippen molar-refractivity contribution in [1.29, 1.82) is 0 Å². The van der Waals surface area contributed by atoms with E-state index < -0.39 is 10.2 Å². The molecule has 0 heterocycles. The maximum Gasteiger partial charge on any atom is 0.301 e. The third-order valence-electron chi connectivity index (χ3n) is 2.85. The van der Waals surface area contributed by atoms with E-state index in [1.54, 1.807) is 32.0 Å². The predicted octanol–water partition coefficient (Wildman–Crippen LogP) is 1.15. The highest BCUT2D eigenvalue weighted by molar-refractivity contribution is 7.90. The van der Waals surface area contributed by atoms with Crippen LogP contribution in [0.25, 0.3) is 0 Å². The summed E-state index contributed by atoms with van der Waals surface area (Å²) in [4.78, 5) is 0. The average molecular weight is 287 g/mol. The number of benzene rings is 1. The fourth-order valence-electron chi connectivity index (χ4n) is 1.44. The van der Waals surface area contributed by atoms with Gasteiger partial charge in [0.1, 0.15) is 5.75 Å². The highest BCUT2D eigenvalue weighted by Gasteiger charge is 2.21. The van der Waals surface area contributed by atoms with Crippen molar-refractivity contribution < 1.29 is 13.2 Å². The van der Waals surface area contributed by atoms with Crippen LogP contribution in [-0.2, 0) is 16.8 Å². The number of nitrogens with two attached hydrogens (primary N) is 1. The molecular weight excluding hydrogens is 266 g/mol. The van der Waals surface area contributed by atoms with Crippen molar-refractivity contribution in [3.05, 3.63) is 23.8 Å². The maximum absolute atomic E-state index is 12.1. The first kappa shape index (κ1) is 15.7. The van der Waals surface area contributed by atoms with E-state index >= 15 is 0 Å². The summed E-state index contributed by atoms with van der Waals surface area (Å²) in [6.45, 7) is 3.97. The van der Waals surface area contributed by atoms with Crippen LogP contribution < -0.4 is 15.2 Å². The monoisotopic (exact) mass is 287 g/mol. The van der Waals surface area contributed by atoms with Gasteiger partial charge in [0.05, 0.1) is 12.8 Å². The van der Waals surface area contributed by atoms with Gasteiger partial charge in [0.25, 0.3) is 0 Å². The zero-order valence-corrected chi connectivity index (χ0v) is 12.5. The van der Waals surface area contributed by atoms with Crippen LogP contribution in [-0.4, -0.2) is 32.9 Å². The quantitative estimate of drug-likeness (QED) is 0.822. The summed E-state index contributed by atoms with van der Waals surface area (Å²) in [5, 5.41) is 0. The summed E-state index contributed by atoms with van der Waals surface area (Å²) in [6.07, 6.45) is 0. The molecule has 0 aliphatic carbocycles. The Kier molecular flexibility index (Phi) is 5.16. The topological polar surface area (TPSA) is 84.7 Å². The zero-order chi connectivity index (χ0) is 14.6. The molecule has 0 saturated carbocycles. The number of ether oxygens (including phenoxy) is 1. The molecule has 1 rings (SSSR count). The molecule has 0 aromatic heterocycles. The largest absolute Gasteiger partial charge is 0.495 e. The molecule has 0 fully saturated rings. The number of anilines is 1. The summed E-state index contributed by atoms with van der Waals surface area (Å²) < 4.78 is 33.1. The average Bonchev–Trinajstić information content (AvgIpc) is 2.37. The van der Waals surface area contributed by atoms with Crippen LogP contribution in [0.5, 0.6) is 5.75 Å². The summed E-state index contributed by atoms with van der Waals surface area (Å²) in [6, 6.07) is 4.99. The van der Waals surface area contributed by atoms with Crippen LogP contribution in [0.4, 0.5) is 5.69 Å². The number of nitrogens with zero attached hydrogens (tertiary/aromatic N) is 1. The van der Waals surface area contributed by atoms with Gasteiger partial charge < -0.3 is 10.5 Å². The molecule has 19 heavy (non-hydrogen) atoms. The van der Waals surface area contributed by atoms with E-state index in [1.807, 2.05) is 0 Å². The minimum absolute atomic E-state index is 0.133. The van der Waals surface area contributed by atoms with Crippen LogP contribution in [0.15, 0.2) is 18.2 Å². The molecule has 7 heteroatoms. The predicted molar refractivity (Wildman–Crippen MR) is 76.3 cm³/mol. The smallest absolute Gasteiger partial charge is 0.301 e. The van der Waals surface area contributed by atoms with Crippen molar-refractivity contribution >= 4 is 15.9 Å². The van der Waals surface area contributed by atoms with E-state index in [-0.39, 0.29) is 6.04 Å². The van der Waals surface area contributed by atoms with Gasteiger partial charge in [-0.05, 0) is 31.5 Å². The minimum Gasteiger partial charge on any atom is -0.495 e. The van der Waals surface area contributed by atoms with E-state index in [0.717, 1.165) is 5.56 Å². The van der Waals surface area contributed by atoms with E-state index in [0.29, 0.717) is 18.0 Å². The number of methoxy groups -OCH3 is 1. The van der Waals surface area contributed by atoms with Crippen LogP contribution in [0.3, 0.4) is 0 Å². The SMILES string of the molecule is COc1cc(CN)ccc1NS(=O)(=O)N(C)C(C)C. The molecular formula is C12H21N3O3S. The van der Waals surface area contributed by atoms with E-state index in [4.69, 9.17) is 10.5 Å². The van der Waals surface area contributed by atoms with Gasteiger partial charge in [-0.1, -0.05) is 6.07 Å². The molecule has 1 aromatic rings. The van der Waals surface area contributed by atoms with Gasteiger partial charge in [0.15, 0.2) is 0 Å². The summed E-state index contributed by atoms with van der Waals surface area (Å²) in [5.74, 6) is 0.448. The fraction of sp³-hybridized carbons (Fsp3) is 0.500. The second-order valence-electron chi connectivity index (χ2n) is 4.46. The molecule has 1 aromatic carbocycles. The lowest BCUT2D eigenvalue weighted by molar-refractivity contribution is 0.410. The molecule has 0 radical (unpaired) electrons. The van der Waals surface area contributed by atoms with Crippen molar-refractivity contribution in [2.45, 2.75) is 26.4 Å². The van der Waals surface area contributed by atoms with Gasteiger partial charge in [0.2, 0.25) is 0 Å². The highest BCUT2D eigenvalue weighted by Crippen LogP contribution is 2.27. The van der Waals surface area contributed by atoms with Crippen LogP contribution in [0.2, 0.25) is 0 Å². The molecule has 0 spiro atoms. The lowest BCUT2D eigenvalue weighted by atomic mass is 10.2. The van der Waals surface area contributed by atoms with Crippen molar-refractivity contribution in [2.75, 3.05) is 18.9 Å². The Labute approximate surface area is 114 Å². The van der Waals surface area contributed by atoms with Crippen LogP contribution in [0.1, 0.15) is 19.4 Å². The van der Waals surface area contributed by atoms with Gasteiger partial charge in [0, 0.05) is 19.6 Å². The van der Waals surface area contributed by atoms with Crippen molar-refractivity contribution in [1.82, 2.24) is 4.31 Å². The Morgan fingerprint density at radius 2 is 2.05 bits per heavy atom. The van der Waals surface area contributed by atoms with Crippen LogP contribution in [0, 0.1) is 0 Å². The summed E-state index contributed by atoms with van der Waals surface area (Å²) >= 11 is 0. The van der Waals surface area contributed by atoms with Gasteiger partial charge in [-0.15, -0.1) is 0 Å². The maximum atomic E-state index is 12.1. The first-order valence-electron chi connectivity index (χ1n) is 5.94. The molecule has 0 unspecified atom stereocenters. The van der Waals surface area contributed by atoms with Crippen molar-refractivity contribution in [3.8, 4) is 5.75 Å². The second-order valence-corrected chi connectivity index (χ2v) is 6.19.